The van der Waals surface area contributed by atoms with E-state index in [1.807, 2.05) is 30.3 Å². The van der Waals surface area contributed by atoms with Gasteiger partial charge < -0.3 is 16.8 Å². The summed E-state index contributed by atoms with van der Waals surface area (Å²) >= 11 is 1.58. The van der Waals surface area contributed by atoms with Crippen molar-refractivity contribution in [3.63, 3.8) is 0 Å². The number of aryl methyl sites for hydroxylation is 1. The first-order valence-corrected chi connectivity index (χ1v) is 11.4. The number of nitrogens with zero attached hydrogens (tertiary/aromatic N) is 5. The van der Waals surface area contributed by atoms with Gasteiger partial charge in [0.15, 0.2) is 5.82 Å². The lowest BCUT2D eigenvalue weighted by Gasteiger charge is -2.07. The lowest BCUT2D eigenvalue weighted by molar-refractivity contribution is 0.0953. The number of hydrogen-bond acceptors (Lipinski definition) is 9. The fourth-order valence-electron chi connectivity index (χ4n) is 3.64. The monoisotopic (exact) mass is 471 g/mol. The van der Waals surface area contributed by atoms with Crippen molar-refractivity contribution in [3.05, 3.63) is 66.0 Å². The van der Waals surface area contributed by atoms with Crippen LogP contribution in [0.25, 0.3) is 32.0 Å². The number of hydrogen-bond donors (Lipinski definition) is 4. The van der Waals surface area contributed by atoms with Gasteiger partial charge >= 0.3 is 0 Å². The van der Waals surface area contributed by atoms with Gasteiger partial charge in [0.25, 0.3) is 5.91 Å². The highest BCUT2D eigenvalue weighted by Crippen LogP contribution is 2.35. The summed E-state index contributed by atoms with van der Waals surface area (Å²) in [6.07, 6.45) is 2.88. The van der Waals surface area contributed by atoms with E-state index in [0.717, 1.165) is 32.0 Å². The third-order valence-corrected chi connectivity index (χ3v) is 6.32. The van der Waals surface area contributed by atoms with Crippen LogP contribution < -0.4 is 16.8 Å². The number of para-hydroxylation sites is 1. The molecule has 0 spiro atoms. The molecule has 0 aliphatic heterocycles. The van der Waals surface area contributed by atoms with E-state index in [0.29, 0.717) is 36.5 Å². The van der Waals surface area contributed by atoms with E-state index in [2.05, 4.69) is 30.7 Å². The molecule has 1 amide bonds. The summed E-state index contributed by atoms with van der Waals surface area (Å²) < 4.78 is 1.10. The van der Waals surface area contributed by atoms with Gasteiger partial charge in [-0.15, -0.1) is 16.4 Å². The lowest BCUT2D eigenvalue weighted by atomic mass is 10.1. The molecule has 3 aromatic heterocycles. The van der Waals surface area contributed by atoms with Gasteiger partial charge in [-0.3, -0.25) is 9.89 Å². The fourth-order valence-corrected chi connectivity index (χ4v) is 4.69. The molecule has 5 aromatic rings. The van der Waals surface area contributed by atoms with Crippen molar-refractivity contribution in [2.45, 2.75) is 12.8 Å². The smallest absolute Gasteiger partial charge is 0.251 e. The molecule has 170 valence electrons. The van der Waals surface area contributed by atoms with Crippen molar-refractivity contribution in [3.8, 4) is 21.8 Å². The molecule has 0 unspecified atom stereocenters. The summed E-state index contributed by atoms with van der Waals surface area (Å²) in [6.45, 7) is 0.489. The highest BCUT2D eigenvalue weighted by atomic mass is 32.1. The van der Waals surface area contributed by atoms with Crippen LogP contribution in [0.2, 0.25) is 0 Å². The topological polar surface area (TPSA) is 161 Å². The van der Waals surface area contributed by atoms with Crippen molar-refractivity contribution in [1.29, 1.82) is 0 Å². The molecule has 3 heterocycles. The Hall–Kier alpha value is -4.38. The van der Waals surface area contributed by atoms with Gasteiger partial charge in [-0.05, 0) is 37.1 Å². The molecule has 6 N–H and O–H groups in total. The molecule has 0 aliphatic carbocycles. The van der Waals surface area contributed by atoms with Crippen LogP contribution in [-0.2, 0) is 6.42 Å². The zero-order chi connectivity index (χ0) is 23.5. The van der Waals surface area contributed by atoms with Crippen LogP contribution in [0.4, 0.5) is 11.8 Å². The van der Waals surface area contributed by atoms with Gasteiger partial charge in [0, 0.05) is 23.4 Å². The number of fused-ring (bicyclic) bond motifs is 1. The molecule has 11 heteroatoms. The number of aromatic nitrogens is 6. The standard InChI is InChI=1S/C23H21N9OS/c24-20-19(22-28-15-7-1-2-9-18(15)34-22)16(30-31-20)8-4-10-26-21(33)14-6-3-5-13(11-14)17-12-27-32-23(25)29-17/h1-3,5-7,9,11-12H,4,8,10H2,(H,26,33)(H3,24,30,31)(H2,25,29,32). The van der Waals surface area contributed by atoms with E-state index in [1.54, 1.807) is 29.5 Å². The zero-order valence-corrected chi connectivity index (χ0v) is 18.8. The molecule has 34 heavy (non-hydrogen) atoms. The van der Waals surface area contributed by atoms with Crippen LogP contribution in [0, 0.1) is 0 Å². The number of amides is 1. The zero-order valence-electron chi connectivity index (χ0n) is 18.0. The Bertz CT molecular complexity index is 1440. The van der Waals surface area contributed by atoms with Crippen LogP contribution in [-0.4, -0.2) is 42.8 Å². The summed E-state index contributed by atoms with van der Waals surface area (Å²) in [7, 11) is 0. The van der Waals surface area contributed by atoms with E-state index in [4.69, 9.17) is 16.5 Å². The quantitative estimate of drug-likeness (QED) is 0.263. The Morgan fingerprint density at radius 3 is 2.82 bits per heavy atom. The second-order valence-electron chi connectivity index (χ2n) is 7.59. The normalized spacial score (nSPS) is 11.1. The Kier molecular flexibility index (Phi) is 5.83. The number of thiazole rings is 1. The maximum atomic E-state index is 12.7. The number of nitrogens with two attached hydrogens (primary N) is 2. The maximum Gasteiger partial charge on any atom is 0.251 e. The molecule has 10 nitrogen and oxygen atoms in total. The number of carbonyl (C=O) groups is 1. The van der Waals surface area contributed by atoms with E-state index in [-0.39, 0.29) is 11.9 Å². The first kappa shape index (κ1) is 21.5. The summed E-state index contributed by atoms with van der Waals surface area (Å²) in [5.41, 5.74) is 16.2. The van der Waals surface area contributed by atoms with Crippen molar-refractivity contribution in [1.82, 2.24) is 35.7 Å². The predicted octanol–water partition coefficient (Wildman–Crippen LogP) is 3.07. The number of rotatable bonds is 7. The molecule has 2 aromatic carbocycles. The molecule has 0 aliphatic rings. The van der Waals surface area contributed by atoms with E-state index >= 15 is 0 Å². The van der Waals surface area contributed by atoms with Crippen LogP contribution in [0.15, 0.2) is 54.7 Å². The Morgan fingerprint density at radius 2 is 1.97 bits per heavy atom. The third-order valence-electron chi connectivity index (χ3n) is 5.26. The molecular weight excluding hydrogens is 450 g/mol. The van der Waals surface area contributed by atoms with Gasteiger partial charge in [-0.25, -0.2) is 9.97 Å². The third kappa shape index (κ3) is 4.41. The summed E-state index contributed by atoms with van der Waals surface area (Å²) in [5.74, 6) is 0.333. The SMILES string of the molecule is Nc1nncc(-c2cccc(C(=O)NCCCc3[nH]nc(N)c3-c3nc4ccccc4s3)c2)n1. The van der Waals surface area contributed by atoms with Gasteiger partial charge in [-0.2, -0.15) is 10.2 Å². The lowest BCUT2D eigenvalue weighted by Crippen LogP contribution is -2.24. The van der Waals surface area contributed by atoms with Crippen LogP contribution in [0.1, 0.15) is 22.5 Å². The average molecular weight is 472 g/mol. The Labute approximate surface area is 198 Å². The first-order valence-electron chi connectivity index (χ1n) is 10.6. The van der Waals surface area contributed by atoms with Gasteiger partial charge in [0.05, 0.1) is 27.7 Å². The highest BCUT2D eigenvalue weighted by molar-refractivity contribution is 7.21. The molecule has 0 fully saturated rings. The second kappa shape index (κ2) is 9.24. The molecule has 5 rings (SSSR count). The maximum absolute atomic E-state index is 12.7. The van der Waals surface area contributed by atoms with Crippen molar-refractivity contribution >= 4 is 39.2 Å². The van der Waals surface area contributed by atoms with Gasteiger partial charge in [0.2, 0.25) is 5.95 Å². The van der Waals surface area contributed by atoms with Crippen molar-refractivity contribution in [2.75, 3.05) is 18.0 Å². The number of benzene rings is 2. The summed E-state index contributed by atoms with van der Waals surface area (Å²) in [6, 6.07) is 15.1. The average Bonchev–Trinajstić information content (AvgIpc) is 3.44. The molecule has 0 bridgehead atoms. The van der Waals surface area contributed by atoms with E-state index in [1.165, 1.54) is 6.20 Å². The number of carbonyl (C=O) groups excluding carboxylic acids is 1. The summed E-state index contributed by atoms with van der Waals surface area (Å²) in [4.78, 5) is 21.5. The number of aromatic amines is 1. The van der Waals surface area contributed by atoms with Crippen molar-refractivity contribution < 1.29 is 4.79 Å². The van der Waals surface area contributed by atoms with Crippen LogP contribution >= 0.6 is 11.3 Å². The minimum Gasteiger partial charge on any atom is -0.382 e. The molecule has 0 saturated heterocycles. The Balaban J connectivity index is 1.22. The van der Waals surface area contributed by atoms with Gasteiger partial charge in [-0.1, -0.05) is 24.3 Å². The largest absolute Gasteiger partial charge is 0.382 e. The number of nitrogens with one attached hydrogen (secondary N) is 2. The molecular formula is C23H21N9OS. The minimum atomic E-state index is -0.174. The molecule has 0 atom stereocenters. The number of nitrogen functional groups attached to an aromatic ring is 2. The van der Waals surface area contributed by atoms with Crippen LogP contribution in [0.5, 0.6) is 0 Å². The van der Waals surface area contributed by atoms with E-state index < -0.39 is 0 Å². The van der Waals surface area contributed by atoms with E-state index in [9.17, 15) is 4.79 Å². The van der Waals surface area contributed by atoms with Crippen LogP contribution in [0.3, 0.4) is 0 Å². The number of anilines is 2. The minimum absolute atomic E-state index is 0.0806. The second-order valence-corrected chi connectivity index (χ2v) is 8.62. The fraction of sp³-hybridized carbons (Fsp3) is 0.130. The molecule has 0 saturated carbocycles. The first-order chi connectivity index (χ1) is 16.6. The Morgan fingerprint density at radius 1 is 1.09 bits per heavy atom. The highest BCUT2D eigenvalue weighted by Gasteiger charge is 2.17. The predicted molar refractivity (Wildman–Crippen MR) is 132 cm³/mol. The van der Waals surface area contributed by atoms with Crippen molar-refractivity contribution in [2.24, 2.45) is 0 Å². The van der Waals surface area contributed by atoms with Gasteiger partial charge in [0.1, 0.15) is 5.01 Å². The number of H-pyrrole nitrogens is 1. The molecule has 0 radical (unpaired) electrons. The summed E-state index contributed by atoms with van der Waals surface area (Å²) in [5, 5.41) is 18.5.